The third kappa shape index (κ3) is 3.52. The Bertz CT molecular complexity index is 343. The average molecular weight is 208 g/mol. The highest BCUT2D eigenvalue weighted by atomic mass is 16.5. The van der Waals surface area contributed by atoms with E-state index in [1.807, 2.05) is 0 Å². The van der Waals surface area contributed by atoms with Crippen LogP contribution < -0.4 is 0 Å². The second-order valence-corrected chi connectivity index (χ2v) is 3.07. The fraction of sp³-hybridized carbons (Fsp3) is 0.273. The molecular formula is C11H12O4. The maximum Gasteiger partial charge on any atom is 0.335 e. The van der Waals surface area contributed by atoms with Crippen molar-refractivity contribution in [2.45, 2.75) is 13.0 Å². The van der Waals surface area contributed by atoms with Crippen molar-refractivity contribution in [3.05, 3.63) is 35.9 Å². The lowest BCUT2D eigenvalue weighted by atomic mass is 10.1. The standard InChI is InChI=1S/C11H12O4/c1-8(12)11(14)15-7-10(13)9-5-3-2-4-6-9/h2-6,8,12H,7H2,1H3. The van der Waals surface area contributed by atoms with E-state index < -0.39 is 12.1 Å². The molecule has 0 aliphatic heterocycles. The quantitative estimate of drug-likeness (QED) is 0.587. The van der Waals surface area contributed by atoms with Crippen molar-refractivity contribution in [1.29, 1.82) is 0 Å². The molecule has 1 atom stereocenters. The van der Waals surface area contributed by atoms with Gasteiger partial charge in [-0.3, -0.25) is 4.79 Å². The minimum atomic E-state index is -1.20. The first-order valence-electron chi connectivity index (χ1n) is 4.54. The number of aliphatic hydroxyl groups is 1. The molecule has 0 saturated carbocycles. The van der Waals surface area contributed by atoms with Crippen LogP contribution in [0.3, 0.4) is 0 Å². The second kappa shape index (κ2) is 5.26. The molecule has 80 valence electrons. The third-order valence-corrected chi connectivity index (χ3v) is 1.78. The highest BCUT2D eigenvalue weighted by molar-refractivity contribution is 5.98. The molecule has 0 aliphatic carbocycles. The zero-order valence-corrected chi connectivity index (χ0v) is 8.34. The van der Waals surface area contributed by atoms with Crippen LogP contribution in [-0.4, -0.2) is 29.6 Å². The molecule has 1 aromatic rings. The monoisotopic (exact) mass is 208 g/mol. The van der Waals surface area contributed by atoms with E-state index in [0.29, 0.717) is 5.56 Å². The van der Waals surface area contributed by atoms with Gasteiger partial charge < -0.3 is 9.84 Å². The number of ketones is 1. The van der Waals surface area contributed by atoms with Gasteiger partial charge in [-0.1, -0.05) is 30.3 Å². The molecule has 4 nitrogen and oxygen atoms in total. The second-order valence-electron chi connectivity index (χ2n) is 3.07. The lowest BCUT2D eigenvalue weighted by molar-refractivity contribution is -0.151. The summed E-state index contributed by atoms with van der Waals surface area (Å²) in [5, 5.41) is 8.82. The molecule has 0 spiro atoms. The summed E-state index contributed by atoms with van der Waals surface area (Å²) in [6, 6.07) is 8.52. The molecule has 1 unspecified atom stereocenters. The molecule has 1 N–H and O–H groups in total. The van der Waals surface area contributed by atoms with Crippen LogP contribution in [-0.2, 0) is 9.53 Å². The molecular weight excluding hydrogens is 196 g/mol. The van der Waals surface area contributed by atoms with E-state index in [2.05, 4.69) is 4.74 Å². The van der Waals surface area contributed by atoms with Gasteiger partial charge >= 0.3 is 5.97 Å². The summed E-state index contributed by atoms with van der Waals surface area (Å²) in [7, 11) is 0. The molecule has 0 bridgehead atoms. The third-order valence-electron chi connectivity index (χ3n) is 1.78. The minimum absolute atomic E-state index is 0.287. The fourth-order valence-electron chi connectivity index (χ4n) is 0.965. The van der Waals surface area contributed by atoms with E-state index in [0.717, 1.165) is 0 Å². The molecule has 0 heterocycles. The van der Waals surface area contributed by atoms with E-state index in [4.69, 9.17) is 5.11 Å². The van der Waals surface area contributed by atoms with Crippen molar-refractivity contribution in [1.82, 2.24) is 0 Å². The summed E-state index contributed by atoms with van der Waals surface area (Å²) < 4.78 is 4.58. The normalized spacial score (nSPS) is 11.9. The number of carbonyl (C=O) groups is 2. The number of rotatable bonds is 4. The molecule has 4 heteroatoms. The Hall–Kier alpha value is -1.68. The first-order valence-corrected chi connectivity index (χ1v) is 4.54. The maximum atomic E-state index is 11.4. The molecule has 0 aliphatic rings. The number of hydrogen-bond acceptors (Lipinski definition) is 4. The molecule has 0 radical (unpaired) electrons. The number of aliphatic hydroxyl groups excluding tert-OH is 1. The summed E-state index contributed by atoms with van der Waals surface area (Å²) in [4.78, 5) is 22.3. The van der Waals surface area contributed by atoms with Gasteiger partial charge in [0.05, 0.1) is 0 Å². The van der Waals surface area contributed by atoms with Gasteiger partial charge in [-0.05, 0) is 6.92 Å². The van der Waals surface area contributed by atoms with E-state index in [1.54, 1.807) is 30.3 Å². The van der Waals surface area contributed by atoms with Gasteiger partial charge in [-0.15, -0.1) is 0 Å². The summed E-state index contributed by atoms with van der Waals surface area (Å²) in [5.41, 5.74) is 0.482. The van der Waals surface area contributed by atoms with Gasteiger partial charge in [0.1, 0.15) is 6.10 Å². The highest BCUT2D eigenvalue weighted by Gasteiger charge is 2.13. The first kappa shape index (κ1) is 11.4. The maximum absolute atomic E-state index is 11.4. The smallest absolute Gasteiger partial charge is 0.335 e. The van der Waals surface area contributed by atoms with Crippen LogP contribution in [0.25, 0.3) is 0 Å². The van der Waals surface area contributed by atoms with E-state index in [-0.39, 0.29) is 12.4 Å². The number of ether oxygens (including phenoxy) is 1. The van der Waals surface area contributed by atoms with Crippen LogP contribution in [0.1, 0.15) is 17.3 Å². The Kier molecular flexibility index (Phi) is 4.00. The van der Waals surface area contributed by atoms with Crippen molar-refractivity contribution in [3.8, 4) is 0 Å². The highest BCUT2D eigenvalue weighted by Crippen LogP contribution is 2.00. The first-order chi connectivity index (χ1) is 7.11. The molecule has 15 heavy (non-hydrogen) atoms. The van der Waals surface area contributed by atoms with E-state index in [9.17, 15) is 9.59 Å². The predicted molar refractivity (Wildman–Crippen MR) is 53.4 cm³/mol. The topological polar surface area (TPSA) is 63.6 Å². The van der Waals surface area contributed by atoms with Crippen molar-refractivity contribution < 1.29 is 19.4 Å². The molecule has 0 aromatic heterocycles. The lowest BCUT2D eigenvalue weighted by Gasteiger charge is -2.05. The summed E-state index contributed by atoms with van der Waals surface area (Å²) in [5.74, 6) is -1.08. The summed E-state index contributed by atoms with van der Waals surface area (Å²) in [6.07, 6.45) is -1.20. The lowest BCUT2D eigenvalue weighted by Crippen LogP contribution is -2.22. The van der Waals surface area contributed by atoms with Crippen molar-refractivity contribution in [2.24, 2.45) is 0 Å². The Morgan fingerprint density at radius 3 is 2.47 bits per heavy atom. The van der Waals surface area contributed by atoms with E-state index >= 15 is 0 Å². The number of benzene rings is 1. The molecule has 1 aromatic carbocycles. The van der Waals surface area contributed by atoms with Gasteiger partial charge in [0.15, 0.2) is 12.4 Å². The Morgan fingerprint density at radius 1 is 1.33 bits per heavy atom. The van der Waals surface area contributed by atoms with E-state index in [1.165, 1.54) is 6.92 Å². The fourth-order valence-corrected chi connectivity index (χ4v) is 0.965. The zero-order valence-electron chi connectivity index (χ0n) is 8.34. The van der Waals surface area contributed by atoms with Crippen LogP contribution in [0.4, 0.5) is 0 Å². The largest absolute Gasteiger partial charge is 0.455 e. The predicted octanol–water partition coefficient (Wildman–Crippen LogP) is 0.793. The van der Waals surface area contributed by atoms with Gasteiger partial charge in [0.2, 0.25) is 0 Å². The number of esters is 1. The SMILES string of the molecule is CC(O)C(=O)OCC(=O)c1ccccc1. The van der Waals surface area contributed by atoms with Gasteiger partial charge in [-0.25, -0.2) is 4.79 Å². The molecule has 0 fully saturated rings. The Balaban J connectivity index is 2.48. The van der Waals surface area contributed by atoms with Crippen LogP contribution in [0.5, 0.6) is 0 Å². The Morgan fingerprint density at radius 2 is 1.93 bits per heavy atom. The average Bonchev–Trinajstić information content (AvgIpc) is 2.26. The minimum Gasteiger partial charge on any atom is -0.455 e. The number of Topliss-reactive ketones (excluding diaryl/α,β-unsaturated/α-hetero) is 1. The summed E-state index contributed by atoms with van der Waals surface area (Å²) >= 11 is 0. The Labute approximate surface area is 87.5 Å². The van der Waals surface area contributed by atoms with Crippen LogP contribution >= 0.6 is 0 Å². The van der Waals surface area contributed by atoms with Crippen LogP contribution in [0.2, 0.25) is 0 Å². The van der Waals surface area contributed by atoms with Crippen molar-refractivity contribution in [2.75, 3.05) is 6.61 Å². The molecule has 1 rings (SSSR count). The van der Waals surface area contributed by atoms with Crippen LogP contribution in [0, 0.1) is 0 Å². The van der Waals surface area contributed by atoms with Crippen molar-refractivity contribution in [3.63, 3.8) is 0 Å². The van der Waals surface area contributed by atoms with Crippen molar-refractivity contribution >= 4 is 11.8 Å². The van der Waals surface area contributed by atoms with Gasteiger partial charge in [0.25, 0.3) is 0 Å². The number of carbonyl (C=O) groups excluding carboxylic acids is 2. The molecule has 0 saturated heterocycles. The van der Waals surface area contributed by atoms with Crippen LogP contribution in [0.15, 0.2) is 30.3 Å². The molecule has 0 amide bonds. The number of hydrogen-bond donors (Lipinski definition) is 1. The van der Waals surface area contributed by atoms with Gasteiger partial charge in [0, 0.05) is 5.56 Å². The van der Waals surface area contributed by atoms with Gasteiger partial charge in [-0.2, -0.15) is 0 Å². The zero-order chi connectivity index (χ0) is 11.3. The summed E-state index contributed by atoms with van der Waals surface area (Å²) in [6.45, 7) is 0.947.